The van der Waals surface area contributed by atoms with E-state index in [1.165, 1.54) is 23.1 Å². The van der Waals surface area contributed by atoms with Crippen molar-refractivity contribution in [2.75, 3.05) is 26.2 Å². The highest BCUT2D eigenvalue weighted by Gasteiger charge is 2.21. The van der Waals surface area contributed by atoms with Crippen LogP contribution in [0.15, 0.2) is 59.4 Å². The van der Waals surface area contributed by atoms with Crippen molar-refractivity contribution in [1.29, 1.82) is 0 Å². The fourth-order valence-electron chi connectivity index (χ4n) is 4.03. The van der Waals surface area contributed by atoms with Gasteiger partial charge in [-0.15, -0.1) is 0 Å². The molecule has 6 heteroatoms. The van der Waals surface area contributed by atoms with Crippen LogP contribution in [-0.4, -0.2) is 46.8 Å². The second-order valence-corrected chi connectivity index (χ2v) is 7.45. The number of nitrogens with zero attached hydrogens (tertiary/aromatic N) is 2. The Morgan fingerprint density at radius 1 is 1.11 bits per heavy atom. The van der Waals surface area contributed by atoms with Crippen LogP contribution >= 0.6 is 0 Å². The highest BCUT2D eigenvalue weighted by molar-refractivity contribution is 5.79. The number of amides is 1. The molecule has 0 saturated carbocycles. The lowest BCUT2D eigenvalue weighted by atomic mass is 9.91. The Bertz CT molecular complexity index is 992. The normalized spacial score (nSPS) is 17.6. The van der Waals surface area contributed by atoms with Crippen LogP contribution in [0.25, 0.3) is 10.9 Å². The predicted octanol–water partition coefficient (Wildman–Crippen LogP) is 2.33. The second-order valence-electron chi connectivity index (χ2n) is 7.45. The van der Waals surface area contributed by atoms with E-state index in [9.17, 15) is 9.59 Å². The van der Waals surface area contributed by atoms with Gasteiger partial charge in [0.1, 0.15) is 6.54 Å². The van der Waals surface area contributed by atoms with Crippen molar-refractivity contribution in [3.8, 4) is 0 Å². The van der Waals surface area contributed by atoms with E-state index in [4.69, 9.17) is 0 Å². The minimum Gasteiger partial charge on any atom is -0.353 e. The van der Waals surface area contributed by atoms with Gasteiger partial charge in [0, 0.05) is 19.6 Å². The largest absolute Gasteiger partial charge is 0.353 e. The maximum Gasteiger partial charge on any atom is 0.274 e. The summed E-state index contributed by atoms with van der Waals surface area (Å²) in [7, 11) is 0. The number of hydrogen-bond donors (Lipinski definition) is 2. The first-order valence-corrected chi connectivity index (χ1v) is 9.92. The summed E-state index contributed by atoms with van der Waals surface area (Å²) in [6.45, 7) is 3.54. The zero-order chi connectivity index (χ0) is 19.3. The van der Waals surface area contributed by atoms with Crippen molar-refractivity contribution in [2.45, 2.75) is 25.3 Å². The summed E-state index contributed by atoms with van der Waals surface area (Å²) in [6.07, 6.45) is 2.40. The first-order valence-electron chi connectivity index (χ1n) is 9.92. The Morgan fingerprint density at radius 3 is 2.71 bits per heavy atom. The molecule has 0 aliphatic carbocycles. The molecule has 1 saturated heterocycles. The van der Waals surface area contributed by atoms with Gasteiger partial charge in [-0.05, 0) is 43.0 Å². The monoisotopic (exact) mass is 378 g/mol. The highest BCUT2D eigenvalue weighted by Crippen LogP contribution is 2.26. The third-order valence-corrected chi connectivity index (χ3v) is 5.49. The second kappa shape index (κ2) is 8.44. The number of aromatic nitrogens is 2. The number of benzene rings is 2. The Morgan fingerprint density at radius 2 is 1.89 bits per heavy atom. The molecule has 1 fully saturated rings. The molecule has 146 valence electrons. The van der Waals surface area contributed by atoms with E-state index in [0.717, 1.165) is 25.2 Å². The van der Waals surface area contributed by atoms with Crippen molar-refractivity contribution in [1.82, 2.24) is 20.0 Å². The summed E-state index contributed by atoms with van der Waals surface area (Å²) in [5, 5.41) is 6.54. The lowest BCUT2D eigenvalue weighted by Crippen LogP contribution is -2.41. The zero-order valence-electron chi connectivity index (χ0n) is 15.9. The lowest BCUT2D eigenvalue weighted by molar-refractivity contribution is -0.121. The molecule has 28 heavy (non-hydrogen) atoms. The number of fused-ring (bicyclic) bond motifs is 1. The molecule has 1 amide bonds. The maximum absolute atomic E-state index is 12.3. The first kappa shape index (κ1) is 18.5. The third-order valence-electron chi connectivity index (χ3n) is 5.49. The Hall–Kier alpha value is -2.86. The average molecular weight is 378 g/mol. The molecule has 1 unspecified atom stereocenters. The third kappa shape index (κ3) is 4.17. The number of likely N-dealkylation sites (tertiary alicyclic amines) is 1. The molecule has 2 N–H and O–H groups in total. The zero-order valence-corrected chi connectivity index (χ0v) is 15.9. The molecule has 4 rings (SSSR count). The average Bonchev–Trinajstić information content (AvgIpc) is 3.04. The van der Waals surface area contributed by atoms with Gasteiger partial charge in [0.2, 0.25) is 5.91 Å². The molecule has 3 aromatic rings. The number of carbonyl (C=O) groups excluding carboxylic acids is 1. The molecule has 1 aliphatic heterocycles. The van der Waals surface area contributed by atoms with Crippen LogP contribution in [0.3, 0.4) is 0 Å². The number of nitrogens with one attached hydrogen (secondary N) is 2. The van der Waals surface area contributed by atoms with Crippen LogP contribution < -0.4 is 10.9 Å². The van der Waals surface area contributed by atoms with Crippen molar-refractivity contribution < 1.29 is 4.79 Å². The van der Waals surface area contributed by atoms with Gasteiger partial charge in [-0.25, -0.2) is 4.68 Å². The molecule has 1 atom stereocenters. The minimum absolute atomic E-state index is 0.0140. The molecular formula is C22H26N4O2. The number of hydrogen-bond acceptors (Lipinski definition) is 3. The van der Waals surface area contributed by atoms with Crippen LogP contribution in [-0.2, 0) is 11.3 Å². The Labute approximate surface area is 164 Å². The number of rotatable bonds is 6. The summed E-state index contributed by atoms with van der Waals surface area (Å²) in [5.74, 6) is 0.417. The molecule has 6 nitrogen and oxygen atoms in total. The van der Waals surface area contributed by atoms with Gasteiger partial charge in [0.05, 0.1) is 10.9 Å². The van der Waals surface area contributed by atoms with E-state index in [1.54, 1.807) is 6.07 Å². The van der Waals surface area contributed by atoms with Gasteiger partial charge in [0.25, 0.3) is 5.56 Å². The van der Waals surface area contributed by atoms with Gasteiger partial charge >= 0.3 is 0 Å². The molecular weight excluding hydrogens is 352 g/mol. The predicted molar refractivity (Wildman–Crippen MR) is 110 cm³/mol. The lowest BCUT2D eigenvalue weighted by Gasteiger charge is -2.33. The van der Waals surface area contributed by atoms with Crippen LogP contribution in [0.2, 0.25) is 0 Å². The van der Waals surface area contributed by atoms with Gasteiger partial charge in [-0.3, -0.25) is 14.7 Å². The number of para-hydroxylation sites is 1. The van der Waals surface area contributed by atoms with E-state index >= 15 is 0 Å². The van der Waals surface area contributed by atoms with Crippen molar-refractivity contribution in [2.24, 2.45) is 0 Å². The summed E-state index contributed by atoms with van der Waals surface area (Å²) in [6, 6.07) is 17.9. The number of piperidine rings is 1. The standard InChI is InChI=1S/C22H26N4O2/c27-21(16-26-22(28)19-10-4-5-11-20(19)24-26)23-12-14-25-13-6-9-18(15-25)17-7-2-1-3-8-17/h1-5,7-8,10-11,18,24H,6,9,12-16H2,(H,23,27). The molecule has 0 spiro atoms. The number of carbonyl (C=O) groups is 1. The summed E-state index contributed by atoms with van der Waals surface area (Å²) in [4.78, 5) is 27.0. The van der Waals surface area contributed by atoms with Gasteiger partial charge < -0.3 is 10.2 Å². The summed E-state index contributed by atoms with van der Waals surface area (Å²) >= 11 is 0. The molecule has 1 aliphatic rings. The molecule has 2 heterocycles. The van der Waals surface area contributed by atoms with Crippen molar-refractivity contribution in [3.63, 3.8) is 0 Å². The number of aromatic amines is 1. The quantitative estimate of drug-likeness (QED) is 0.692. The van der Waals surface area contributed by atoms with E-state index in [1.807, 2.05) is 18.2 Å². The first-order chi connectivity index (χ1) is 13.7. The van der Waals surface area contributed by atoms with Crippen LogP contribution in [0.1, 0.15) is 24.3 Å². The fourth-order valence-corrected chi connectivity index (χ4v) is 4.03. The van der Waals surface area contributed by atoms with E-state index < -0.39 is 0 Å². The molecule has 0 bridgehead atoms. The summed E-state index contributed by atoms with van der Waals surface area (Å²) in [5.41, 5.74) is 1.99. The van der Waals surface area contributed by atoms with Gasteiger partial charge in [-0.1, -0.05) is 42.5 Å². The molecule has 2 aromatic carbocycles. The van der Waals surface area contributed by atoms with E-state index in [0.29, 0.717) is 17.8 Å². The van der Waals surface area contributed by atoms with Crippen LogP contribution in [0, 0.1) is 0 Å². The van der Waals surface area contributed by atoms with Gasteiger partial charge in [0.15, 0.2) is 0 Å². The maximum atomic E-state index is 12.3. The van der Waals surface area contributed by atoms with E-state index in [-0.39, 0.29) is 18.0 Å². The minimum atomic E-state index is -0.160. The van der Waals surface area contributed by atoms with Gasteiger partial charge in [-0.2, -0.15) is 0 Å². The summed E-state index contributed by atoms with van der Waals surface area (Å²) < 4.78 is 1.37. The fraction of sp³-hybridized carbons (Fsp3) is 0.364. The highest BCUT2D eigenvalue weighted by atomic mass is 16.2. The van der Waals surface area contributed by atoms with E-state index in [2.05, 4.69) is 45.6 Å². The molecule has 1 aromatic heterocycles. The Kier molecular flexibility index (Phi) is 5.58. The van der Waals surface area contributed by atoms with Crippen molar-refractivity contribution >= 4 is 16.8 Å². The van der Waals surface area contributed by atoms with Crippen molar-refractivity contribution in [3.05, 3.63) is 70.5 Å². The smallest absolute Gasteiger partial charge is 0.274 e. The SMILES string of the molecule is O=C(Cn1[nH]c2ccccc2c1=O)NCCN1CCCC(c2ccccc2)C1. The number of H-pyrrole nitrogens is 1. The molecule has 0 radical (unpaired) electrons. The Balaban J connectivity index is 1.27. The van der Waals surface area contributed by atoms with Crippen LogP contribution in [0.5, 0.6) is 0 Å². The topological polar surface area (TPSA) is 70.1 Å². The van der Waals surface area contributed by atoms with Crippen LogP contribution in [0.4, 0.5) is 0 Å².